The predicted octanol–water partition coefficient (Wildman–Crippen LogP) is -0.982. The van der Waals surface area contributed by atoms with E-state index < -0.39 is 52.2 Å². The zero-order valence-electron chi connectivity index (χ0n) is 13.8. The Kier molecular flexibility index (Phi) is 5.82. The lowest BCUT2D eigenvalue weighted by atomic mass is 10.1. The van der Waals surface area contributed by atoms with E-state index in [0.29, 0.717) is 0 Å². The number of nitrogens with two attached hydrogens (primary N) is 1. The highest BCUT2D eigenvalue weighted by atomic mass is 35.5. The van der Waals surface area contributed by atoms with Crippen molar-refractivity contribution in [1.82, 2.24) is 19.5 Å². The third-order valence-corrected chi connectivity index (χ3v) is 7.53. The van der Waals surface area contributed by atoms with Gasteiger partial charge in [-0.25, -0.2) is 4.98 Å². The van der Waals surface area contributed by atoms with Gasteiger partial charge >= 0.3 is 15.2 Å². The second kappa shape index (κ2) is 7.58. The average Bonchev–Trinajstić information content (AvgIpc) is 3.06. The number of hydrogen-bond donors (Lipinski definition) is 6. The van der Waals surface area contributed by atoms with E-state index in [2.05, 4.69) is 19.5 Å². The van der Waals surface area contributed by atoms with Crippen LogP contribution in [0.25, 0.3) is 11.2 Å². The highest BCUT2D eigenvalue weighted by Crippen LogP contribution is 2.55. The van der Waals surface area contributed by atoms with Crippen molar-refractivity contribution in [2.75, 3.05) is 18.2 Å². The fourth-order valence-corrected chi connectivity index (χ4v) is 5.43. The van der Waals surface area contributed by atoms with Gasteiger partial charge in [0.1, 0.15) is 23.8 Å². The molecule has 0 saturated carbocycles. The highest BCUT2D eigenvalue weighted by Gasteiger charge is 2.45. The van der Waals surface area contributed by atoms with Gasteiger partial charge < -0.3 is 39.9 Å². The normalized spacial score (nSPS) is 27.9. The molecule has 1 aliphatic heterocycles. The Morgan fingerprint density at radius 3 is 2.57 bits per heavy atom. The van der Waals surface area contributed by atoms with Crippen LogP contribution < -0.4 is 5.73 Å². The first-order valence-corrected chi connectivity index (χ1v) is 11.5. The number of anilines is 1. The Hall–Kier alpha value is -1.18. The Morgan fingerprint density at radius 2 is 1.93 bits per heavy atom. The lowest BCUT2D eigenvalue weighted by Crippen LogP contribution is -2.33. The van der Waals surface area contributed by atoms with Gasteiger partial charge in [0.25, 0.3) is 0 Å². The molecule has 17 heteroatoms. The molecule has 0 aromatic carbocycles. The molecule has 1 unspecified atom stereocenters. The second-order valence-corrected chi connectivity index (χ2v) is 10.3. The highest BCUT2D eigenvalue weighted by molar-refractivity contribution is 7.70. The van der Waals surface area contributed by atoms with Crippen molar-refractivity contribution in [2.45, 2.75) is 24.5 Å². The number of halogens is 1. The van der Waals surface area contributed by atoms with Crippen molar-refractivity contribution in [2.24, 2.45) is 0 Å². The van der Waals surface area contributed by atoms with E-state index >= 15 is 0 Å². The number of aliphatic hydroxyl groups is 2. The van der Waals surface area contributed by atoms with Gasteiger partial charge in [0, 0.05) is 0 Å². The summed E-state index contributed by atoms with van der Waals surface area (Å²) in [6.07, 6.45) is -4.35. The van der Waals surface area contributed by atoms with Crippen LogP contribution in [0.2, 0.25) is 5.15 Å². The number of aliphatic hydroxyl groups excluding tert-OH is 2. The van der Waals surface area contributed by atoms with Crippen molar-refractivity contribution in [3.8, 4) is 0 Å². The lowest BCUT2D eigenvalue weighted by Gasteiger charge is -2.18. The number of aromatic nitrogens is 4. The standard InChI is InChI=1S/C11H16ClN5O9P2/c12-8-5-9(16-11(13)15-8)17(2-14-5)10-7(19)6(18)4(26-10)1-25-28(23,24)3-27(20,21)22/h2,4,6-7,10,18-19H,1,3H2,(H,23,24)(H2,13,15,16)(H2,20,21,22)/t4-,6-,7-,10-/m1/s1. The predicted molar refractivity (Wildman–Crippen MR) is 93.4 cm³/mol. The lowest BCUT2D eigenvalue weighted by molar-refractivity contribution is -0.0483. The van der Waals surface area contributed by atoms with Crippen molar-refractivity contribution >= 4 is 43.9 Å². The number of fused-ring (bicyclic) bond motifs is 1. The molecule has 5 atom stereocenters. The van der Waals surface area contributed by atoms with Crippen molar-refractivity contribution in [3.63, 3.8) is 0 Å². The monoisotopic (exact) mass is 459 g/mol. The van der Waals surface area contributed by atoms with Gasteiger partial charge in [-0.3, -0.25) is 13.7 Å². The van der Waals surface area contributed by atoms with Crippen LogP contribution in [0.1, 0.15) is 6.23 Å². The van der Waals surface area contributed by atoms with Crippen LogP contribution in [0.3, 0.4) is 0 Å². The number of nitrogens with zero attached hydrogens (tertiary/aromatic N) is 4. The van der Waals surface area contributed by atoms with Crippen LogP contribution in [-0.2, 0) is 18.4 Å². The zero-order valence-corrected chi connectivity index (χ0v) is 16.4. The SMILES string of the molecule is Nc1nc(Cl)c2ncn([C@@H]3O[C@H](COP(=O)(O)CP(=O)(O)O)[C@@H](O)[C@H]3O)c2n1. The molecular formula is C11H16ClN5O9P2. The third-order valence-electron chi connectivity index (χ3n) is 3.81. The molecule has 28 heavy (non-hydrogen) atoms. The average molecular weight is 460 g/mol. The molecule has 1 fully saturated rings. The molecule has 14 nitrogen and oxygen atoms in total. The van der Waals surface area contributed by atoms with Gasteiger partial charge in [-0.05, 0) is 0 Å². The summed E-state index contributed by atoms with van der Waals surface area (Å²) in [7, 11) is -9.46. The van der Waals surface area contributed by atoms with Gasteiger partial charge in [-0.15, -0.1) is 0 Å². The smallest absolute Gasteiger partial charge is 0.340 e. The van der Waals surface area contributed by atoms with Gasteiger partial charge in [0.05, 0.1) is 12.9 Å². The molecule has 2 aromatic rings. The van der Waals surface area contributed by atoms with Gasteiger partial charge in [0.15, 0.2) is 22.9 Å². The maximum Gasteiger partial charge on any atom is 0.340 e. The summed E-state index contributed by atoms with van der Waals surface area (Å²) in [6.45, 7) is -0.715. The summed E-state index contributed by atoms with van der Waals surface area (Å²) in [5.41, 5.74) is 5.83. The van der Waals surface area contributed by atoms with Crippen LogP contribution >= 0.6 is 26.8 Å². The summed E-state index contributed by atoms with van der Waals surface area (Å²) in [4.78, 5) is 38.8. The summed E-state index contributed by atoms with van der Waals surface area (Å²) in [5, 5.41) is 20.4. The fourth-order valence-electron chi connectivity index (χ4n) is 2.64. The molecule has 0 bridgehead atoms. The Bertz CT molecular complexity index is 983. The van der Waals surface area contributed by atoms with Crippen LogP contribution in [0.4, 0.5) is 5.95 Å². The number of nitrogen functional groups attached to an aromatic ring is 1. The van der Waals surface area contributed by atoms with Crippen molar-refractivity contribution in [1.29, 1.82) is 0 Å². The maximum atomic E-state index is 11.7. The van der Waals surface area contributed by atoms with E-state index in [4.69, 9.17) is 31.9 Å². The van der Waals surface area contributed by atoms with Crippen LogP contribution in [0, 0.1) is 0 Å². The van der Waals surface area contributed by atoms with E-state index in [-0.39, 0.29) is 22.3 Å². The molecule has 3 rings (SSSR count). The number of ether oxygens (including phenoxy) is 1. The quantitative estimate of drug-likeness (QED) is 0.226. The minimum Gasteiger partial charge on any atom is -0.387 e. The van der Waals surface area contributed by atoms with Gasteiger partial charge in [-0.1, -0.05) is 11.6 Å². The molecule has 1 aliphatic rings. The topological polar surface area (TPSA) is 223 Å². The van der Waals surface area contributed by atoms with Crippen molar-refractivity contribution < 1.29 is 43.3 Å². The summed E-state index contributed by atoms with van der Waals surface area (Å²) >= 11 is 5.93. The van der Waals surface area contributed by atoms with Gasteiger partial charge in [0.2, 0.25) is 5.95 Å². The van der Waals surface area contributed by atoms with Crippen LogP contribution in [0.15, 0.2) is 6.33 Å². The molecule has 0 aliphatic carbocycles. The summed E-state index contributed by atoms with van der Waals surface area (Å²) < 4.78 is 33.9. The maximum absolute atomic E-state index is 11.7. The Balaban J connectivity index is 1.78. The first-order chi connectivity index (χ1) is 12.9. The molecule has 0 amide bonds. The minimum absolute atomic E-state index is 0.0344. The van der Waals surface area contributed by atoms with Crippen LogP contribution in [0.5, 0.6) is 0 Å². The molecule has 2 aromatic heterocycles. The van der Waals surface area contributed by atoms with Crippen molar-refractivity contribution in [3.05, 3.63) is 11.5 Å². The van der Waals surface area contributed by atoms with Crippen LogP contribution in [-0.4, -0.2) is 75.2 Å². The first-order valence-electron chi connectivity index (χ1n) is 7.56. The second-order valence-electron chi connectivity index (χ2n) is 5.98. The molecule has 0 spiro atoms. The largest absolute Gasteiger partial charge is 0.387 e. The summed E-state index contributed by atoms with van der Waals surface area (Å²) in [5.74, 6) is -1.55. The number of hydrogen-bond acceptors (Lipinski definition) is 10. The zero-order chi connectivity index (χ0) is 20.9. The molecule has 7 N–H and O–H groups in total. The van der Waals surface area contributed by atoms with E-state index in [1.807, 2.05) is 0 Å². The molecule has 0 radical (unpaired) electrons. The molecule has 1 saturated heterocycles. The van der Waals surface area contributed by atoms with E-state index in [1.165, 1.54) is 10.9 Å². The third kappa shape index (κ3) is 4.52. The van der Waals surface area contributed by atoms with E-state index in [1.54, 1.807) is 0 Å². The number of rotatable bonds is 6. The molecule has 156 valence electrons. The Morgan fingerprint density at radius 1 is 1.25 bits per heavy atom. The Labute approximate surface area is 161 Å². The number of imidazole rings is 1. The summed E-state index contributed by atoms with van der Waals surface area (Å²) in [6, 6.07) is 0. The molecule has 3 heterocycles. The van der Waals surface area contributed by atoms with E-state index in [9.17, 15) is 24.2 Å². The van der Waals surface area contributed by atoms with E-state index in [0.717, 1.165) is 0 Å². The minimum atomic E-state index is -4.81. The fraction of sp³-hybridized carbons (Fsp3) is 0.545. The first kappa shape index (κ1) is 21.5. The molecular weight excluding hydrogens is 444 g/mol. The van der Waals surface area contributed by atoms with Gasteiger partial charge in [-0.2, -0.15) is 9.97 Å².